The van der Waals surface area contributed by atoms with Gasteiger partial charge in [0.1, 0.15) is 20.1 Å². The van der Waals surface area contributed by atoms with Gasteiger partial charge in [-0.25, -0.2) is 0 Å². The predicted octanol–water partition coefficient (Wildman–Crippen LogP) is 4.91. The van der Waals surface area contributed by atoms with Gasteiger partial charge in [0.25, 0.3) is 0 Å². The van der Waals surface area contributed by atoms with Crippen molar-refractivity contribution in [1.29, 1.82) is 0 Å². The molecule has 1 saturated carbocycles. The normalized spacial score (nSPS) is 45.9. The molecule has 0 spiro atoms. The molecule has 0 unspecified atom stereocenters. The molecule has 3 fully saturated rings. The Kier molecular flexibility index (Phi) is 8.15. The molecule has 28 heavy (non-hydrogen) atoms. The van der Waals surface area contributed by atoms with E-state index in [0.29, 0.717) is 24.4 Å². The van der Waals surface area contributed by atoms with Gasteiger partial charge >= 0.3 is 0 Å². The molecule has 0 aromatic carbocycles. The zero-order chi connectivity index (χ0) is 20.5. The van der Waals surface area contributed by atoms with E-state index in [1.54, 1.807) is 7.11 Å². The summed E-state index contributed by atoms with van der Waals surface area (Å²) in [5.41, 5.74) is 1.29. The molecule has 9 heteroatoms. The van der Waals surface area contributed by atoms with E-state index in [1.807, 2.05) is 22.8 Å². The van der Waals surface area contributed by atoms with Gasteiger partial charge in [-0.1, -0.05) is 41.8 Å². The van der Waals surface area contributed by atoms with Crippen molar-refractivity contribution in [2.75, 3.05) is 20.3 Å². The van der Waals surface area contributed by atoms with E-state index in [4.69, 9.17) is 38.4 Å². The highest BCUT2D eigenvalue weighted by molar-refractivity contribution is 9.01. The summed E-state index contributed by atoms with van der Waals surface area (Å²) in [6, 6.07) is -0.489. The highest BCUT2D eigenvalue weighted by atomic mass is 33.2. The highest BCUT2D eigenvalue weighted by Gasteiger charge is 2.55. The van der Waals surface area contributed by atoms with Crippen LogP contribution >= 0.6 is 27.4 Å². The van der Waals surface area contributed by atoms with Crippen molar-refractivity contribution in [1.82, 2.24) is 0 Å². The molecule has 3 rings (SSSR count). The number of allylic oxidation sites excluding steroid dienone is 1. The molecule has 0 aromatic rings. The van der Waals surface area contributed by atoms with Crippen LogP contribution in [0.5, 0.6) is 0 Å². The first-order valence-corrected chi connectivity index (χ1v) is 15.7. The molecular weight excluding hydrogens is 430 g/mol. The predicted molar refractivity (Wildman–Crippen MR) is 125 cm³/mol. The molecule has 2 aliphatic heterocycles. The first kappa shape index (κ1) is 23.7. The number of fused-ring (bicyclic) bond motifs is 1. The Morgan fingerprint density at radius 3 is 2.79 bits per heavy atom. The van der Waals surface area contributed by atoms with Crippen LogP contribution < -0.4 is 0 Å². The third-order valence-corrected chi connectivity index (χ3v) is 16.2. The number of hydrogen-bond donors (Lipinski definition) is 0. The van der Waals surface area contributed by atoms with E-state index >= 15 is 0 Å². The van der Waals surface area contributed by atoms with Gasteiger partial charge in [-0.15, -0.1) is 0 Å². The molecule has 2 saturated heterocycles. The Bertz CT molecular complexity index is 624. The second kappa shape index (κ2) is 9.64. The van der Waals surface area contributed by atoms with Crippen molar-refractivity contribution < 1.29 is 18.7 Å². The molecule has 158 valence electrons. The maximum atomic E-state index is 6.69. The van der Waals surface area contributed by atoms with E-state index < -0.39 is 10.7 Å². The van der Waals surface area contributed by atoms with Gasteiger partial charge in [-0.3, -0.25) is 0 Å². The minimum Gasteiger partial charge on any atom is -0.382 e. The van der Waals surface area contributed by atoms with Crippen molar-refractivity contribution in [2.24, 2.45) is 5.92 Å². The van der Waals surface area contributed by atoms with E-state index in [2.05, 4.69) is 27.4 Å². The summed E-state index contributed by atoms with van der Waals surface area (Å²) in [7, 11) is 7.88. The molecule has 3 aliphatic rings. The van der Waals surface area contributed by atoms with Gasteiger partial charge in [-0.05, 0) is 57.3 Å². The van der Waals surface area contributed by atoms with E-state index in [-0.39, 0.29) is 23.1 Å². The lowest BCUT2D eigenvalue weighted by Crippen LogP contribution is -2.37. The second-order valence-electron chi connectivity index (χ2n) is 8.21. The van der Waals surface area contributed by atoms with Crippen LogP contribution in [0.15, 0.2) is 12.2 Å². The molecular formula is C19H32BO4PS3. The van der Waals surface area contributed by atoms with Crippen LogP contribution in [0.3, 0.4) is 0 Å². The Morgan fingerprint density at radius 1 is 1.39 bits per heavy atom. The lowest BCUT2D eigenvalue weighted by atomic mass is 9.79. The van der Waals surface area contributed by atoms with Crippen molar-refractivity contribution in [2.45, 2.75) is 80.8 Å². The third kappa shape index (κ3) is 5.07. The molecule has 2 radical (unpaired) electrons. The SMILES string of the molecule is [B][C@@H]1O[C@H](CC)[C@@H](O[P@@]2(=S)S[C@H]3C[C@H](C(=C)C)CC[C@]3(C)S2)[C@H]1OCCOC. The van der Waals surface area contributed by atoms with Crippen LogP contribution in [-0.2, 0) is 30.5 Å². The van der Waals surface area contributed by atoms with E-state index in [9.17, 15) is 0 Å². The van der Waals surface area contributed by atoms with Crippen LogP contribution in [0.4, 0.5) is 0 Å². The topological polar surface area (TPSA) is 36.9 Å². The summed E-state index contributed by atoms with van der Waals surface area (Å²) < 4.78 is 21.8. The van der Waals surface area contributed by atoms with Gasteiger partial charge in [0, 0.05) is 23.1 Å². The second-order valence-corrected chi connectivity index (χ2v) is 19.1. The Morgan fingerprint density at radius 2 is 2.14 bits per heavy atom. The van der Waals surface area contributed by atoms with Crippen LogP contribution in [-0.4, -0.2) is 62.5 Å². The number of rotatable bonds is 8. The lowest BCUT2D eigenvalue weighted by Gasteiger charge is -2.38. The molecule has 4 nitrogen and oxygen atoms in total. The highest BCUT2D eigenvalue weighted by Crippen LogP contribution is 2.84. The minimum absolute atomic E-state index is 0.0813. The number of methoxy groups -OCH3 is 1. The standard InChI is InChI=1S/C19H32BO4PS3/c1-6-14-16(17(18(20)23-14)22-10-9-21-5)24-25(26)27-15-11-13(12(2)3)7-8-19(15,4)28-25/h13-18H,2,6-11H2,1,3-5H3/t13-,14-,15+,16-,17-,18-,19+,25-/m1/s1. The Hall–Kier alpha value is 0.995. The zero-order valence-corrected chi connectivity index (χ0v) is 20.6. The van der Waals surface area contributed by atoms with Gasteiger partial charge in [0.2, 0.25) is 0 Å². The molecule has 8 atom stereocenters. The quantitative estimate of drug-likeness (QED) is 0.220. The number of ether oxygens (including phenoxy) is 3. The van der Waals surface area contributed by atoms with Crippen LogP contribution in [0, 0.1) is 5.92 Å². The third-order valence-electron chi connectivity index (χ3n) is 6.04. The fourth-order valence-corrected chi connectivity index (χ4v) is 18.3. The van der Waals surface area contributed by atoms with Crippen LogP contribution in [0.1, 0.15) is 46.5 Å². The molecule has 2 heterocycles. The molecule has 0 bridgehead atoms. The lowest BCUT2D eigenvalue weighted by molar-refractivity contribution is -0.0266. The summed E-state index contributed by atoms with van der Waals surface area (Å²) in [6.45, 7) is 11.8. The zero-order valence-electron chi connectivity index (χ0n) is 17.3. The summed E-state index contributed by atoms with van der Waals surface area (Å²) >= 11 is 9.94. The first-order chi connectivity index (χ1) is 13.2. The van der Waals surface area contributed by atoms with Crippen molar-refractivity contribution in [3.8, 4) is 0 Å². The van der Waals surface area contributed by atoms with Crippen molar-refractivity contribution in [3.63, 3.8) is 0 Å². The van der Waals surface area contributed by atoms with Gasteiger partial charge < -0.3 is 18.7 Å². The molecule has 0 aromatic heterocycles. The molecule has 0 amide bonds. The van der Waals surface area contributed by atoms with Gasteiger partial charge in [-0.2, -0.15) is 0 Å². The summed E-state index contributed by atoms with van der Waals surface area (Å²) in [4.78, 5) is 0. The van der Waals surface area contributed by atoms with Crippen LogP contribution in [0.2, 0.25) is 0 Å². The largest absolute Gasteiger partial charge is 0.382 e. The maximum absolute atomic E-state index is 6.69. The van der Waals surface area contributed by atoms with Crippen molar-refractivity contribution in [3.05, 3.63) is 12.2 Å². The minimum atomic E-state index is -2.11. The Labute approximate surface area is 184 Å². The summed E-state index contributed by atoms with van der Waals surface area (Å²) in [5.74, 6) is 0.601. The van der Waals surface area contributed by atoms with E-state index in [1.165, 1.54) is 18.4 Å². The summed E-state index contributed by atoms with van der Waals surface area (Å²) in [6.07, 6.45) is 3.73. The Balaban J connectivity index is 1.71. The first-order valence-electron chi connectivity index (χ1n) is 10.1. The summed E-state index contributed by atoms with van der Waals surface area (Å²) in [5, 5.41) is 0.516. The van der Waals surface area contributed by atoms with Gasteiger partial charge in [0.05, 0.1) is 19.3 Å². The molecule has 0 N–H and O–H groups in total. The van der Waals surface area contributed by atoms with Crippen molar-refractivity contribution >= 4 is 47.1 Å². The van der Waals surface area contributed by atoms with E-state index in [0.717, 1.165) is 12.8 Å². The number of hydrogen-bond acceptors (Lipinski definition) is 7. The monoisotopic (exact) mass is 462 g/mol. The fourth-order valence-electron chi connectivity index (χ4n) is 4.25. The average molecular weight is 462 g/mol. The molecule has 1 aliphatic carbocycles. The maximum Gasteiger partial charge on any atom is 0.175 e. The smallest absolute Gasteiger partial charge is 0.175 e. The fraction of sp³-hybridized carbons (Fsp3) is 0.895. The van der Waals surface area contributed by atoms with Crippen LogP contribution in [0.25, 0.3) is 0 Å². The van der Waals surface area contributed by atoms with Gasteiger partial charge in [0.15, 0.2) is 4.67 Å². The average Bonchev–Trinajstić information content (AvgIpc) is 3.07.